The smallest absolute Gasteiger partial charge is 0.183 e. The first-order chi connectivity index (χ1) is 7.17. The number of methoxy groups -OCH3 is 2. The van der Waals surface area contributed by atoms with Gasteiger partial charge in [0.1, 0.15) is 5.75 Å². The first kappa shape index (κ1) is 12.0. The van der Waals surface area contributed by atoms with E-state index in [9.17, 15) is 0 Å². The summed E-state index contributed by atoms with van der Waals surface area (Å²) < 4.78 is 15.8. The summed E-state index contributed by atoms with van der Waals surface area (Å²) in [5.74, 6) is 0.861. The molecular formula is C12H18O3. The summed E-state index contributed by atoms with van der Waals surface area (Å²) in [5.41, 5.74) is 0.983. The van der Waals surface area contributed by atoms with Gasteiger partial charge in [-0.2, -0.15) is 0 Å². The molecule has 0 fully saturated rings. The predicted octanol–water partition coefficient (Wildman–Crippen LogP) is 2.77. The molecule has 0 amide bonds. The third kappa shape index (κ3) is 3.53. The van der Waals surface area contributed by atoms with Crippen molar-refractivity contribution in [2.45, 2.75) is 26.2 Å². The zero-order valence-electron chi connectivity index (χ0n) is 9.69. The maximum atomic E-state index is 5.53. The molecule has 1 aromatic carbocycles. The molecule has 84 valence electrons. The molecule has 0 saturated carbocycles. The average molecular weight is 210 g/mol. The van der Waals surface area contributed by atoms with Crippen molar-refractivity contribution in [2.24, 2.45) is 0 Å². The SMILES string of the molecule is COC(OC)c1ccc(OC(C)C)cc1. The molecule has 1 aromatic rings. The van der Waals surface area contributed by atoms with Gasteiger partial charge in [-0.1, -0.05) is 12.1 Å². The maximum absolute atomic E-state index is 5.53. The van der Waals surface area contributed by atoms with Gasteiger partial charge in [0.05, 0.1) is 6.10 Å². The first-order valence-corrected chi connectivity index (χ1v) is 4.99. The van der Waals surface area contributed by atoms with Crippen molar-refractivity contribution in [3.8, 4) is 5.75 Å². The van der Waals surface area contributed by atoms with Crippen molar-refractivity contribution in [1.82, 2.24) is 0 Å². The van der Waals surface area contributed by atoms with E-state index in [1.165, 1.54) is 0 Å². The zero-order valence-corrected chi connectivity index (χ0v) is 9.69. The molecule has 15 heavy (non-hydrogen) atoms. The van der Waals surface area contributed by atoms with E-state index in [4.69, 9.17) is 14.2 Å². The molecule has 0 aliphatic heterocycles. The number of hydrogen-bond donors (Lipinski definition) is 0. The zero-order chi connectivity index (χ0) is 11.3. The monoisotopic (exact) mass is 210 g/mol. The lowest BCUT2D eigenvalue weighted by Crippen LogP contribution is -2.06. The Morgan fingerprint density at radius 1 is 0.933 bits per heavy atom. The van der Waals surface area contributed by atoms with E-state index in [0.717, 1.165) is 11.3 Å². The van der Waals surface area contributed by atoms with Crippen LogP contribution in [0.4, 0.5) is 0 Å². The molecular weight excluding hydrogens is 192 g/mol. The minimum atomic E-state index is -0.307. The van der Waals surface area contributed by atoms with Gasteiger partial charge in [0.2, 0.25) is 0 Å². The van der Waals surface area contributed by atoms with Crippen molar-refractivity contribution in [3.63, 3.8) is 0 Å². The lowest BCUT2D eigenvalue weighted by molar-refractivity contribution is -0.106. The fourth-order valence-corrected chi connectivity index (χ4v) is 1.34. The van der Waals surface area contributed by atoms with Crippen LogP contribution in [0.1, 0.15) is 25.7 Å². The van der Waals surface area contributed by atoms with Crippen molar-refractivity contribution in [3.05, 3.63) is 29.8 Å². The summed E-state index contributed by atoms with van der Waals surface area (Å²) >= 11 is 0. The molecule has 0 spiro atoms. The summed E-state index contributed by atoms with van der Waals surface area (Å²) in [4.78, 5) is 0. The Balaban J connectivity index is 2.71. The second-order valence-electron chi connectivity index (χ2n) is 3.54. The van der Waals surface area contributed by atoms with Crippen LogP contribution in [0.15, 0.2) is 24.3 Å². The first-order valence-electron chi connectivity index (χ1n) is 4.99. The Kier molecular flexibility index (Phi) is 4.59. The van der Waals surface area contributed by atoms with Gasteiger partial charge in [0, 0.05) is 19.8 Å². The molecule has 0 aromatic heterocycles. The normalized spacial score (nSPS) is 11.1. The summed E-state index contributed by atoms with van der Waals surface area (Å²) in [6, 6.07) is 7.71. The maximum Gasteiger partial charge on any atom is 0.183 e. The number of ether oxygens (including phenoxy) is 3. The summed E-state index contributed by atoms with van der Waals surface area (Å²) in [7, 11) is 3.24. The lowest BCUT2D eigenvalue weighted by atomic mass is 10.2. The largest absolute Gasteiger partial charge is 0.491 e. The van der Waals surface area contributed by atoms with Crippen LogP contribution in [-0.4, -0.2) is 20.3 Å². The molecule has 0 aliphatic rings. The molecule has 0 heterocycles. The van der Waals surface area contributed by atoms with Crippen LogP contribution >= 0.6 is 0 Å². The molecule has 0 saturated heterocycles. The molecule has 3 heteroatoms. The van der Waals surface area contributed by atoms with Crippen LogP contribution in [-0.2, 0) is 9.47 Å². The Bertz CT molecular complexity index is 275. The summed E-state index contributed by atoms with van der Waals surface area (Å²) in [6.45, 7) is 4.00. The van der Waals surface area contributed by atoms with Gasteiger partial charge in [0.25, 0.3) is 0 Å². The summed E-state index contributed by atoms with van der Waals surface area (Å²) in [5, 5.41) is 0. The Labute approximate surface area is 91.0 Å². The van der Waals surface area contributed by atoms with E-state index in [1.807, 2.05) is 38.1 Å². The van der Waals surface area contributed by atoms with Crippen LogP contribution in [0.25, 0.3) is 0 Å². The highest BCUT2D eigenvalue weighted by molar-refractivity contribution is 5.28. The number of benzene rings is 1. The van der Waals surface area contributed by atoms with Gasteiger partial charge in [-0.3, -0.25) is 0 Å². The van der Waals surface area contributed by atoms with E-state index in [2.05, 4.69) is 0 Å². The van der Waals surface area contributed by atoms with E-state index in [0.29, 0.717) is 0 Å². The fourth-order valence-electron chi connectivity index (χ4n) is 1.34. The van der Waals surface area contributed by atoms with Gasteiger partial charge in [-0.05, 0) is 26.0 Å². The topological polar surface area (TPSA) is 27.7 Å². The van der Waals surface area contributed by atoms with E-state index < -0.39 is 0 Å². The van der Waals surface area contributed by atoms with Crippen LogP contribution in [0.3, 0.4) is 0 Å². The van der Waals surface area contributed by atoms with Crippen molar-refractivity contribution in [2.75, 3.05) is 14.2 Å². The predicted molar refractivity (Wildman–Crippen MR) is 59.0 cm³/mol. The number of rotatable bonds is 5. The van der Waals surface area contributed by atoms with Crippen LogP contribution < -0.4 is 4.74 Å². The molecule has 0 unspecified atom stereocenters. The average Bonchev–Trinajstić information content (AvgIpc) is 2.21. The molecule has 1 rings (SSSR count). The van der Waals surface area contributed by atoms with E-state index >= 15 is 0 Å². The minimum Gasteiger partial charge on any atom is -0.491 e. The van der Waals surface area contributed by atoms with E-state index in [-0.39, 0.29) is 12.4 Å². The Hall–Kier alpha value is -1.06. The molecule has 0 atom stereocenters. The Morgan fingerprint density at radius 3 is 1.87 bits per heavy atom. The third-order valence-corrected chi connectivity index (χ3v) is 1.95. The number of hydrogen-bond acceptors (Lipinski definition) is 3. The van der Waals surface area contributed by atoms with Crippen molar-refractivity contribution < 1.29 is 14.2 Å². The van der Waals surface area contributed by atoms with Crippen molar-refractivity contribution in [1.29, 1.82) is 0 Å². The molecule has 0 aliphatic carbocycles. The highest BCUT2D eigenvalue weighted by Crippen LogP contribution is 2.21. The Morgan fingerprint density at radius 2 is 1.47 bits per heavy atom. The molecule has 3 nitrogen and oxygen atoms in total. The fraction of sp³-hybridized carbons (Fsp3) is 0.500. The van der Waals surface area contributed by atoms with E-state index in [1.54, 1.807) is 14.2 Å². The van der Waals surface area contributed by atoms with Crippen molar-refractivity contribution >= 4 is 0 Å². The lowest BCUT2D eigenvalue weighted by Gasteiger charge is -2.15. The minimum absolute atomic E-state index is 0.191. The second kappa shape index (κ2) is 5.73. The van der Waals surface area contributed by atoms with Crippen LogP contribution in [0, 0.1) is 0 Å². The van der Waals surface area contributed by atoms with Crippen LogP contribution in [0.5, 0.6) is 5.75 Å². The van der Waals surface area contributed by atoms with Gasteiger partial charge in [0.15, 0.2) is 6.29 Å². The third-order valence-electron chi connectivity index (χ3n) is 1.95. The highest BCUT2D eigenvalue weighted by atomic mass is 16.7. The highest BCUT2D eigenvalue weighted by Gasteiger charge is 2.08. The van der Waals surface area contributed by atoms with Gasteiger partial charge >= 0.3 is 0 Å². The van der Waals surface area contributed by atoms with Gasteiger partial charge in [-0.15, -0.1) is 0 Å². The second-order valence-corrected chi connectivity index (χ2v) is 3.54. The van der Waals surface area contributed by atoms with Gasteiger partial charge < -0.3 is 14.2 Å². The molecule has 0 bridgehead atoms. The quantitative estimate of drug-likeness (QED) is 0.699. The standard InChI is InChI=1S/C12H18O3/c1-9(2)15-11-7-5-10(6-8-11)12(13-3)14-4/h5-9,12H,1-4H3. The van der Waals surface area contributed by atoms with Crippen LogP contribution in [0.2, 0.25) is 0 Å². The van der Waals surface area contributed by atoms with Gasteiger partial charge in [-0.25, -0.2) is 0 Å². The molecule has 0 N–H and O–H groups in total. The summed E-state index contributed by atoms with van der Waals surface area (Å²) in [6.07, 6.45) is -0.116. The molecule has 0 radical (unpaired) electrons.